The zero-order chi connectivity index (χ0) is 20.4. The lowest BCUT2D eigenvalue weighted by Crippen LogP contribution is -2.42. The molecule has 3 aliphatic heterocycles. The molecule has 0 saturated carbocycles. The van der Waals surface area contributed by atoms with Crippen molar-refractivity contribution in [1.82, 2.24) is 9.99 Å². The number of hydrogen-bond acceptors (Lipinski definition) is 7. The van der Waals surface area contributed by atoms with Crippen LogP contribution in [0.25, 0.3) is 0 Å². The maximum atomic E-state index is 12.9. The van der Waals surface area contributed by atoms with Crippen LogP contribution in [0.5, 0.6) is 0 Å². The number of carbonyl (C=O) groups excluding carboxylic acids is 2. The van der Waals surface area contributed by atoms with Crippen LogP contribution in [0.15, 0.2) is 23.4 Å². The van der Waals surface area contributed by atoms with Crippen LogP contribution in [0.4, 0.5) is 11.5 Å². The highest BCUT2D eigenvalue weighted by Crippen LogP contribution is 2.27. The SMILES string of the molecule is O=C(Nc1cccnc1N1CCCCC1)C1=NN(C2CCS(=O)(=O)C2)C(=O)CC1. The van der Waals surface area contributed by atoms with Crippen LogP contribution < -0.4 is 10.2 Å². The highest BCUT2D eigenvalue weighted by atomic mass is 32.2. The Morgan fingerprint density at radius 2 is 1.97 bits per heavy atom. The monoisotopic (exact) mass is 419 g/mol. The van der Waals surface area contributed by atoms with Crippen LogP contribution in [-0.2, 0) is 19.4 Å². The number of nitrogens with zero attached hydrogens (tertiary/aromatic N) is 4. The first kappa shape index (κ1) is 19.8. The van der Waals surface area contributed by atoms with Crippen molar-refractivity contribution in [2.75, 3.05) is 34.8 Å². The van der Waals surface area contributed by atoms with Crippen LogP contribution in [0.2, 0.25) is 0 Å². The van der Waals surface area contributed by atoms with Crippen LogP contribution in [0.3, 0.4) is 0 Å². The summed E-state index contributed by atoms with van der Waals surface area (Å²) in [7, 11) is -3.15. The van der Waals surface area contributed by atoms with Crippen molar-refractivity contribution < 1.29 is 18.0 Å². The highest BCUT2D eigenvalue weighted by molar-refractivity contribution is 7.91. The van der Waals surface area contributed by atoms with Gasteiger partial charge in [-0.05, 0) is 37.8 Å². The van der Waals surface area contributed by atoms with Crippen LogP contribution >= 0.6 is 0 Å². The Kier molecular flexibility index (Phi) is 5.53. The van der Waals surface area contributed by atoms with Crippen molar-refractivity contribution in [2.24, 2.45) is 5.10 Å². The predicted octanol–water partition coefficient (Wildman–Crippen LogP) is 1.18. The molecule has 9 nitrogen and oxygen atoms in total. The molecule has 0 spiro atoms. The molecule has 0 bridgehead atoms. The van der Waals surface area contributed by atoms with E-state index in [9.17, 15) is 18.0 Å². The third-order valence-electron chi connectivity index (χ3n) is 5.57. The summed E-state index contributed by atoms with van der Waals surface area (Å²) in [5, 5.41) is 8.33. The summed E-state index contributed by atoms with van der Waals surface area (Å²) in [4.78, 5) is 31.7. The molecule has 0 aliphatic carbocycles. The minimum absolute atomic E-state index is 0.0490. The molecule has 2 amide bonds. The molecule has 4 heterocycles. The van der Waals surface area contributed by atoms with Gasteiger partial charge in [-0.25, -0.2) is 18.4 Å². The second-order valence-electron chi connectivity index (χ2n) is 7.72. The summed E-state index contributed by atoms with van der Waals surface area (Å²) in [6.07, 6.45) is 5.83. The maximum Gasteiger partial charge on any atom is 0.271 e. The van der Waals surface area contributed by atoms with E-state index in [-0.39, 0.29) is 41.9 Å². The minimum atomic E-state index is -3.15. The molecule has 10 heteroatoms. The van der Waals surface area contributed by atoms with Crippen LogP contribution in [0.1, 0.15) is 38.5 Å². The van der Waals surface area contributed by atoms with Gasteiger partial charge in [-0.3, -0.25) is 9.59 Å². The quantitative estimate of drug-likeness (QED) is 0.784. The Morgan fingerprint density at radius 3 is 2.69 bits per heavy atom. The van der Waals surface area contributed by atoms with Crippen molar-refractivity contribution in [3.8, 4) is 0 Å². The molecule has 156 valence electrons. The van der Waals surface area contributed by atoms with Gasteiger partial charge in [0.05, 0.1) is 23.2 Å². The Hall–Kier alpha value is -2.49. The lowest BCUT2D eigenvalue weighted by molar-refractivity contribution is -0.133. The van der Waals surface area contributed by atoms with E-state index in [1.54, 1.807) is 12.3 Å². The van der Waals surface area contributed by atoms with Gasteiger partial charge in [-0.2, -0.15) is 5.10 Å². The molecule has 1 aromatic heterocycles. The van der Waals surface area contributed by atoms with Gasteiger partial charge in [-0.1, -0.05) is 0 Å². The summed E-state index contributed by atoms with van der Waals surface area (Å²) in [5.74, 6) is 0.0760. The fourth-order valence-electron chi connectivity index (χ4n) is 4.03. The number of piperidine rings is 1. The molecule has 0 aromatic carbocycles. The summed E-state index contributed by atoms with van der Waals surface area (Å²) in [6.45, 7) is 1.80. The number of sulfone groups is 1. The second kappa shape index (κ2) is 8.10. The Labute approximate surface area is 170 Å². The molecule has 1 N–H and O–H groups in total. The number of pyridine rings is 1. The van der Waals surface area contributed by atoms with Crippen LogP contribution in [-0.4, -0.2) is 66.6 Å². The fourth-order valence-corrected chi connectivity index (χ4v) is 5.73. The van der Waals surface area contributed by atoms with Gasteiger partial charge in [0.2, 0.25) is 5.91 Å². The summed E-state index contributed by atoms with van der Waals surface area (Å²) in [5.41, 5.74) is 0.858. The van der Waals surface area contributed by atoms with Crippen molar-refractivity contribution >= 4 is 38.9 Å². The molecule has 3 aliphatic rings. The third kappa shape index (κ3) is 4.42. The predicted molar refractivity (Wildman–Crippen MR) is 110 cm³/mol. The Balaban J connectivity index is 1.51. The molecule has 1 atom stereocenters. The largest absolute Gasteiger partial charge is 0.355 e. The van der Waals surface area contributed by atoms with E-state index in [4.69, 9.17) is 0 Å². The summed E-state index contributed by atoms with van der Waals surface area (Å²) < 4.78 is 23.5. The number of hydrazone groups is 1. The number of anilines is 2. The van der Waals surface area contributed by atoms with Gasteiger partial charge in [0.25, 0.3) is 5.91 Å². The van der Waals surface area contributed by atoms with Gasteiger partial charge in [-0.15, -0.1) is 0 Å². The van der Waals surface area contributed by atoms with Gasteiger partial charge >= 0.3 is 0 Å². The molecule has 2 fully saturated rings. The van der Waals surface area contributed by atoms with Crippen molar-refractivity contribution in [1.29, 1.82) is 0 Å². The zero-order valence-electron chi connectivity index (χ0n) is 16.2. The molecule has 1 unspecified atom stereocenters. The van der Waals surface area contributed by atoms with Gasteiger partial charge < -0.3 is 10.2 Å². The summed E-state index contributed by atoms with van der Waals surface area (Å²) >= 11 is 0. The van der Waals surface area contributed by atoms with Crippen molar-refractivity contribution in [2.45, 2.75) is 44.6 Å². The smallest absolute Gasteiger partial charge is 0.271 e. The van der Waals surface area contributed by atoms with E-state index in [1.165, 1.54) is 11.4 Å². The lowest BCUT2D eigenvalue weighted by Gasteiger charge is -2.30. The Bertz CT molecular complexity index is 940. The minimum Gasteiger partial charge on any atom is -0.355 e. The van der Waals surface area contributed by atoms with Gasteiger partial charge in [0, 0.05) is 32.1 Å². The first-order valence-electron chi connectivity index (χ1n) is 10.0. The van der Waals surface area contributed by atoms with Crippen LogP contribution in [0, 0.1) is 0 Å². The molecule has 0 radical (unpaired) electrons. The standard InChI is InChI=1S/C19H25N5O4S/c25-17-7-6-16(22-24(17)14-8-12-29(27,28)13-14)19(26)21-15-5-4-9-20-18(15)23-10-2-1-3-11-23/h4-5,9,14H,1-3,6-8,10-13H2,(H,21,26). The van der Waals surface area contributed by atoms with Crippen molar-refractivity contribution in [3.05, 3.63) is 18.3 Å². The zero-order valence-corrected chi connectivity index (χ0v) is 17.0. The maximum absolute atomic E-state index is 12.9. The van der Waals surface area contributed by atoms with E-state index >= 15 is 0 Å². The van der Waals surface area contributed by atoms with E-state index in [0.717, 1.165) is 31.7 Å². The number of aromatic nitrogens is 1. The van der Waals surface area contributed by atoms with E-state index in [2.05, 4.69) is 20.3 Å². The number of carbonyl (C=O) groups is 2. The fraction of sp³-hybridized carbons (Fsp3) is 0.579. The first-order valence-corrected chi connectivity index (χ1v) is 11.9. The first-order chi connectivity index (χ1) is 13.9. The Morgan fingerprint density at radius 1 is 1.17 bits per heavy atom. The van der Waals surface area contributed by atoms with E-state index in [0.29, 0.717) is 12.1 Å². The van der Waals surface area contributed by atoms with Gasteiger partial charge in [0.1, 0.15) is 5.71 Å². The topological polar surface area (TPSA) is 112 Å². The molecule has 2 saturated heterocycles. The average molecular weight is 420 g/mol. The number of hydrogen-bond donors (Lipinski definition) is 1. The number of nitrogens with one attached hydrogen (secondary N) is 1. The molecular weight excluding hydrogens is 394 g/mol. The molecule has 29 heavy (non-hydrogen) atoms. The third-order valence-corrected chi connectivity index (χ3v) is 7.32. The number of amides is 2. The number of rotatable bonds is 4. The summed E-state index contributed by atoms with van der Waals surface area (Å²) in [6, 6.07) is 3.09. The molecule has 4 rings (SSSR count). The normalized spacial score (nSPS) is 24.3. The van der Waals surface area contributed by atoms with E-state index in [1.807, 2.05) is 6.07 Å². The average Bonchev–Trinajstić information content (AvgIpc) is 3.09. The van der Waals surface area contributed by atoms with Crippen molar-refractivity contribution in [3.63, 3.8) is 0 Å². The molecule has 1 aromatic rings. The van der Waals surface area contributed by atoms with E-state index < -0.39 is 15.9 Å². The lowest BCUT2D eigenvalue weighted by atomic mass is 10.1. The highest BCUT2D eigenvalue weighted by Gasteiger charge is 2.37. The molecular formula is C19H25N5O4S. The second-order valence-corrected chi connectivity index (χ2v) is 9.95. The van der Waals surface area contributed by atoms with Gasteiger partial charge in [0.15, 0.2) is 15.7 Å².